The standard InChI is InChI=1S/C24H27N5O3S/c1-15(2)29-18-8-6-5-7-17(18)22-23(29)26-24(28-27-22)33-14-21(30)25-12-11-16-9-10-19(31-3)20(13-16)32-4/h5-10,13,15H,11-12,14H2,1-4H3,(H,25,30). The molecule has 0 fully saturated rings. The van der Waals surface area contributed by atoms with Crippen LogP contribution in [0.5, 0.6) is 11.5 Å². The molecule has 0 atom stereocenters. The monoisotopic (exact) mass is 465 g/mol. The summed E-state index contributed by atoms with van der Waals surface area (Å²) >= 11 is 1.28. The first kappa shape index (κ1) is 22.8. The molecule has 0 unspecified atom stereocenters. The summed E-state index contributed by atoms with van der Waals surface area (Å²) in [5.41, 5.74) is 3.71. The number of amides is 1. The summed E-state index contributed by atoms with van der Waals surface area (Å²) in [6.07, 6.45) is 0.690. The maximum atomic E-state index is 12.4. The fourth-order valence-corrected chi connectivity index (χ4v) is 4.40. The first-order chi connectivity index (χ1) is 16.0. The number of para-hydroxylation sites is 1. The lowest BCUT2D eigenvalue weighted by Crippen LogP contribution is -2.27. The fourth-order valence-electron chi connectivity index (χ4n) is 3.79. The Kier molecular flexibility index (Phi) is 6.98. The molecule has 2 aromatic heterocycles. The molecular weight excluding hydrogens is 438 g/mol. The van der Waals surface area contributed by atoms with E-state index < -0.39 is 0 Å². The molecule has 1 N–H and O–H groups in total. The van der Waals surface area contributed by atoms with Crippen LogP contribution in [0.4, 0.5) is 0 Å². The Morgan fingerprint density at radius 3 is 2.64 bits per heavy atom. The molecule has 1 amide bonds. The molecule has 8 nitrogen and oxygen atoms in total. The topological polar surface area (TPSA) is 91.2 Å². The van der Waals surface area contributed by atoms with Crippen molar-refractivity contribution in [2.24, 2.45) is 0 Å². The van der Waals surface area contributed by atoms with Crippen molar-refractivity contribution in [1.82, 2.24) is 25.1 Å². The number of benzene rings is 2. The lowest BCUT2D eigenvalue weighted by atomic mass is 10.1. The first-order valence-corrected chi connectivity index (χ1v) is 11.7. The molecule has 172 valence electrons. The van der Waals surface area contributed by atoms with E-state index in [9.17, 15) is 4.79 Å². The highest BCUT2D eigenvalue weighted by molar-refractivity contribution is 7.99. The highest BCUT2D eigenvalue weighted by Gasteiger charge is 2.17. The number of nitrogens with zero attached hydrogens (tertiary/aromatic N) is 4. The van der Waals surface area contributed by atoms with Gasteiger partial charge in [0.1, 0.15) is 5.52 Å². The molecule has 2 aromatic carbocycles. The number of hydrogen-bond acceptors (Lipinski definition) is 7. The molecule has 0 spiro atoms. The van der Waals surface area contributed by atoms with E-state index in [2.05, 4.69) is 40.0 Å². The Bertz CT molecular complexity index is 1290. The molecule has 9 heteroatoms. The van der Waals surface area contributed by atoms with Crippen LogP contribution in [0.2, 0.25) is 0 Å². The molecule has 2 heterocycles. The van der Waals surface area contributed by atoms with E-state index in [0.717, 1.165) is 27.6 Å². The highest BCUT2D eigenvalue weighted by atomic mass is 32.2. The zero-order valence-corrected chi connectivity index (χ0v) is 20.0. The van der Waals surface area contributed by atoms with Crippen molar-refractivity contribution >= 4 is 39.7 Å². The van der Waals surface area contributed by atoms with E-state index in [1.165, 1.54) is 11.8 Å². The summed E-state index contributed by atoms with van der Waals surface area (Å²) in [5.74, 6) is 1.51. The number of rotatable bonds is 9. The third kappa shape index (κ3) is 4.88. The molecule has 4 aromatic rings. The number of carbonyl (C=O) groups is 1. The zero-order valence-electron chi connectivity index (χ0n) is 19.2. The number of methoxy groups -OCH3 is 2. The first-order valence-electron chi connectivity index (χ1n) is 10.8. The Morgan fingerprint density at radius 2 is 1.88 bits per heavy atom. The minimum atomic E-state index is -0.0754. The van der Waals surface area contributed by atoms with Crippen LogP contribution >= 0.6 is 11.8 Å². The van der Waals surface area contributed by atoms with Gasteiger partial charge in [0.05, 0.1) is 25.5 Å². The van der Waals surface area contributed by atoms with Gasteiger partial charge in [0, 0.05) is 18.0 Å². The summed E-state index contributed by atoms with van der Waals surface area (Å²) in [6.45, 7) is 4.76. The van der Waals surface area contributed by atoms with Crippen LogP contribution in [0.15, 0.2) is 47.6 Å². The van der Waals surface area contributed by atoms with Gasteiger partial charge in [-0.1, -0.05) is 36.0 Å². The van der Waals surface area contributed by atoms with E-state index in [0.29, 0.717) is 29.6 Å². The van der Waals surface area contributed by atoms with Crippen LogP contribution in [0.25, 0.3) is 22.1 Å². The van der Waals surface area contributed by atoms with Crippen molar-refractivity contribution in [2.75, 3.05) is 26.5 Å². The smallest absolute Gasteiger partial charge is 0.230 e. The van der Waals surface area contributed by atoms with Gasteiger partial charge in [-0.15, -0.1) is 10.2 Å². The predicted octanol–water partition coefficient (Wildman–Crippen LogP) is 4.03. The molecule has 4 rings (SSSR count). The van der Waals surface area contributed by atoms with Crippen LogP contribution in [-0.4, -0.2) is 52.2 Å². The van der Waals surface area contributed by atoms with E-state index in [-0.39, 0.29) is 17.7 Å². The van der Waals surface area contributed by atoms with Crippen LogP contribution < -0.4 is 14.8 Å². The number of nitrogens with one attached hydrogen (secondary N) is 1. The highest BCUT2D eigenvalue weighted by Crippen LogP contribution is 2.30. The number of carbonyl (C=O) groups excluding carboxylic acids is 1. The van der Waals surface area contributed by atoms with Gasteiger partial charge in [0.15, 0.2) is 17.1 Å². The molecular formula is C24H27N5O3S. The number of hydrogen-bond donors (Lipinski definition) is 1. The Labute approximate surface area is 196 Å². The van der Waals surface area contributed by atoms with Gasteiger partial charge in [0.25, 0.3) is 0 Å². The molecule has 0 bridgehead atoms. The summed E-state index contributed by atoms with van der Waals surface area (Å²) in [4.78, 5) is 17.1. The largest absolute Gasteiger partial charge is 0.493 e. The maximum absolute atomic E-state index is 12.4. The Balaban J connectivity index is 1.38. The van der Waals surface area contributed by atoms with E-state index in [1.54, 1.807) is 14.2 Å². The van der Waals surface area contributed by atoms with Gasteiger partial charge in [-0.25, -0.2) is 4.98 Å². The van der Waals surface area contributed by atoms with Crippen LogP contribution in [0.1, 0.15) is 25.5 Å². The number of thioether (sulfide) groups is 1. The zero-order chi connectivity index (χ0) is 23.4. The second-order valence-corrected chi connectivity index (χ2v) is 8.77. The normalized spacial score (nSPS) is 11.3. The molecule has 33 heavy (non-hydrogen) atoms. The van der Waals surface area contributed by atoms with Gasteiger partial charge < -0.3 is 19.4 Å². The van der Waals surface area contributed by atoms with Crippen LogP contribution in [0, 0.1) is 0 Å². The van der Waals surface area contributed by atoms with Crippen molar-refractivity contribution < 1.29 is 14.3 Å². The maximum Gasteiger partial charge on any atom is 0.230 e. The molecule has 0 aliphatic rings. The van der Waals surface area contributed by atoms with Crippen LogP contribution in [-0.2, 0) is 11.2 Å². The minimum absolute atomic E-state index is 0.0754. The number of ether oxygens (including phenoxy) is 2. The molecule has 0 radical (unpaired) electrons. The third-order valence-electron chi connectivity index (χ3n) is 5.33. The van der Waals surface area contributed by atoms with E-state index >= 15 is 0 Å². The van der Waals surface area contributed by atoms with Crippen molar-refractivity contribution in [3.63, 3.8) is 0 Å². The lowest BCUT2D eigenvalue weighted by molar-refractivity contribution is -0.118. The fraction of sp³-hybridized carbons (Fsp3) is 0.333. The molecule has 0 aliphatic heterocycles. The van der Waals surface area contributed by atoms with E-state index in [4.69, 9.17) is 14.5 Å². The number of fused-ring (bicyclic) bond motifs is 3. The quantitative estimate of drug-likeness (QED) is 0.373. The van der Waals surface area contributed by atoms with Crippen LogP contribution in [0.3, 0.4) is 0 Å². The van der Waals surface area contributed by atoms with Crippen molar-refractivity contribution in [3.05, 3.63) is 48.0 Å². The SMILES string of the molecule is COc1ccc(CCNC(=O)CSc2nnc3c4ccccc4n(C(C)C)c3n2)cc1OC. The molecule has 0 saturated heterocycles. The summed E-state index contributed by atoms with van der Waals surface area (Å²) < 4.78 is 12.7. The van der Waals surface area contributed by atoms with Gasteiger partial charge in [-0.05, 0) is 44.0 Å². The van der Waals surface area contributed by atoms with Crippen molar-refractivity contribution in [2.45, 2.75) is 31.5 Å². The molecule has 0 saturated carbocycles. The second-order valence-electron chi connectivity index (χ2n) is 7.83. The van der Waals surface area contributed by atoms with Crippen molar-refractivity contribution in [3.8, 4) is 11.5 Å². The summed E-state index contributed by atoms with van der Waals surface area (Å²) in [6, 6.07) is 14.1. The minimum Gasteiger partial charge on any atom is -0.493 e. The third-order valence-corrected chi connectivity index (χ3v) is 6.17. The Morgan fingerprint density at radius 1 is 1.09 bits per heavy atom. The van der Waals surface area contributed by atoms with Gasteiger partial charge >= 0.3 is 0 Å². The van der Waals surface area contributed by atoms with Gasteiger partial charge in [0.2, 0.25) is 11.1 Å². The van der Waals surface area contributed by atoms with Gasteiger partial charge in [-0.3, -0.25) is 4.79 Å². The van der Waals surface area contributed by atoms with Crippen molar-refractivity contribution in [1.29, 1.82) is 0 Å². The average molecular weight is 466 g/mol. The number of aromatic nitrogens is 4. The predicted molar refractivity (Wildman–Crippen MR) is 130 cm³/mol. The summed E-state index contributed by atoms with van der Waals surface area (Å²) in [7, 11) is 3.21. The van der Waals surface area contributed by atoms with E-state index in [1.807, 2.05) is 36.4 Å². The average Bonchev–Trinajstić information content (AvgIpc) is 3.16. The molecule has 0 aliphatic carbocycles. The van der Waals surface area contributed by atoms with Gasteiger partial charge in [-0.2, -0.15) is 0 Å². The Hall–Kier alpha value is -3.33. The lowest BCUT2D eigenvalue weighted by Gasteiger charge is -2.10. The summed E-state index contributed by atoms with van der Waals surface area (Å²) in [5, 5.41) is 13.1. The second kappa shape index (κ2) is 10.1.